The molecule has 2 heterocycles. The zero-order valence-corrected chi connectivity index (χ0v) is 10.7. The van der Waals surface area contributed by atoms with Crippen LogP contribution in [0.2, 0.25) is 0 Å². The molecule has 1 aliphatic rings. The van der Waals surface area contributed by atoms with Crippen LogP contribution in [0.3, 0.4) is 0 Å². The molecule has 1 aromatic heterocycles. The van der Waals surface area contributed by atoms with Crippen LogP contribution in [-0.2, 0) is 6.54 Å². The van der Waals surface area contributed by atoms with E-state index in [0.29, 0.717) is 12.2 Å². The molecule has 5 heteroatoms. The van der Waals surface area contributed by atoms with Gasteiger partial charge in [-0.05, 0) is 38.3 Å². The van der Waals surface area contributed by atoms with Gasteiger partial charge in [-0.25, -0.2) is 14.8 Å². The largest absolute Gasteiger partial charge is 0.478 e. The number of carboxylic acids is 1. The molecule has 0 aromatic carbocycles. The van der Waals surface area contributed by atoms with Crippen LogP contribution in [0.25, 0.3) is 0 Å². The van der Waals surface area contributed by atoms with Crippen LogP contribution in [0.5, 0.6) is 0 Å². The van der Waals surface area contributed by atoms with E-state index in [1.807, 2.05) is 0 Å². The summed E-state index contributed by atoms with van der Waals surface area (Å²) in [6.07, 6.45) is 6.40. The first kappa shape index (κ1) is 13.0. The Morgan fingerprint density at radius 1 is 1.50 bits per heavy atom. The molecular formula is C13H19N3O2. The topological polar surface area (TPSA) is 66.3 Å². The smallest absolute Gasteiger partial charge is 0.339 e. The van der Waals surface area contributed by atoms with Gasteiger partial charge in [0, 0.05) is 12.7 Å². The average molecular weight is 249 g/mol. The third-order valence-electron chi connectivity index (χ3n) is 3.51. The van der Waals surface area contributed by atoms with E-state index in [2.05, 4.69) is 21.8 Å². The third kappa shape index (κ3) is 3.26. The number of hydrogen-bond acceptors (Lipinski definition) is 4. The van der Waals surface area contributed by atoms with Crippen molar-refractivity contribution in [1.82, 2.24) is 14.9 Å². The summed E-state index contributed by atoms with van der Waals surface area (Å²) in [5.74, 6) is -0.187. The van der Waals surface area contributed by atoms with Crippen LogP contribution in [0.4, 0.5) is 0 Å². The Kier molecular flexibility index (Phi) is 4.25. The molecule has 98 valence electrons. The van der Waals surface area contributed by atoms with Gasteiger partial charge in [0.25, 0.3) is 0 Å². The molecule has 1 N–H and O–H groups in total. The summed E-state index contributed by atoms with van der Waals surface area (Å²) in [7, 11) is 0. The third-order valence-corrected chi connectivity index (χ3v) is 3.51. The molecule has 1 aromatic rings. The predicted molar refractivity (Wildman–Crippen MR) is 67.3 cm³/mol. The standard InChI is InChI=1S/C13H19N3O2/c1-10-3-2-5-16(6-4-10)8-12-11(13(17)18)7-14-9-15-12/h7,9-10H,2-6,8H2,1H3,(H,17,18). The maximum absolute atomic E-state index is 11.1. The Hall–Kier alpha value is -1.49. The Balaban J connectivity index is 2.06. The van der Waals surface area contributed by atoms with Gasteiger partial charge in [-0.3, -0.25) is 4.90 Å². The van der Waals surface area contributed by atoms with Crippen molar-refractivity contribution in [2.75, 3.05) is 13.1 Å². The molecule has 1 aliphatic heterocycles. The number of carboxylic acid groups (broad SMARTS) is 1. The maximum atomic E-state index is 11.1. The van der Waals surface area contributed by atoms with E-state index in [0.717, 1.165) is 19.0 Å². The molecular weight excluding hydrogens is 230 g/mol. The summed E-state index contributed by atoms with van der Waals surface area (Å²) in [4.78, 5) is 21.3. The van der Waals surface area contributed by atoms with Gasteiger partial charge < -0.3 is 5.11 Å². The highest BCUT2D eigenvalue weighted by Gasteiger charge is 2.17. The van der Waals surface area contributed by atoms with Gasteiger partial charge in [0.1, 0.15) is 11.9 Å². The van der Waals surface area contributed by atoms with Crippen LogP contribution in [0.1, 0.15) is 42.2 Å². The van der Waals surface area contributed by atoms with Gasteiger partial charge in [-0.1, -0.05) is 6.92 Å². The number of hydrogen-bond donors (Lipinski definition) is 1. The fourth-order valence-electron chi connectivity index (χ4n) is 2.35. The first-order valence-electron chi connectivity index (χ1n) is 6.41. The quantitative estimate of drug-likeness (QED) is 0.884. The number of likely N-dealkylation sites (tertiary alicyclic amines) is 1. The van der Waals surface area contributed by atoms with E-state index in [9.17, 15) is 4.79 Å². The molecule has 0 spiro atoms. The second kappa shape index (κ2) is 5.91. The fourth-order valence-corrected chi connectivity index (χ4v) is 2.35. The van der Waals surface area contributed by atoms with Crippen LogP contribution in [0, 0.1) is 5.92 Å². The molecule has 0 radical (unpaired) electrons. The van der Waals surface area contributed by atoms with E-state index in [1.54, 1.807) is 0 Å². The van der Waals surface area contributed by atoms with Gasteiger partial charge in [-0.15, -0.1) is 0 Å². The molecule has 0 aliphatic carbocycles. The summed E-state index contributed by atoms with van der Waals surface area (Å²) in [5.41, 5.74) is 0.835. The lowest BCUT2D eigenvalue weighted by molar-refractivity contribution is 0.0693. The highest BCUT2D eigenvalue weighted by atomic mass is 16.4. The van der Waals surface area contributed by atoms with Gasteiger partial charge >= 0.3 is 5.97 Å². The number of rotatable bonds is 3. The Morgan fingerprint density at radius 3 is 3.11 bits per heavy atom. The summed E-state index contributed by atoms with van der Waals surface area (Å²) in [6, 6.07) is 0. The zero-order valence-electron chi connectivity index (χ0n) is 10.7. The zero-order chi connectivity index (χ0) is 13.0. The van der Waals surface area contributed by atoms with E-state index in [4.69, 9.17) is 5.11 Å². The Labute approximate surface area is 107 Å². The van der Waals surface area contributed by atoms with Crippen molar-refractivity contribution in [3.63, 3.8) is 0 Å². The van der Waals surface area contributed by atoms with Crippen LogP contribution < -0.4 is 0 Å². The maximum Gasteiger partial charge on any atom is 0.339 e. The fraction of sp³-hybridized carbons (Fsp3) is 0.615. The Morgan fingerprint density at radius 2 is 2.33 bits per heavy atom. The minimum Gasteiger partial charge on any atom is -0.478 e. The first-order valence-corrected chi connectivity index (χ1v) is 6.41. The molecule has 1 saturated heterocycles. The van der Waals surface area contributed by atoms with E-state index in [-0.39, 0.29) is 5.56 Å². The number of carbonyl (C=O) groups is 1. The van der Waals surface area contributed by atoms with Crippen molar-refractivity contribution in [2.24, 2.45) is 5.92 Å². The second-order valence-corrected chi connectivity index (χ2v) is 5.00. The number of aromatic carboxylic acids is 1. The molecule has 1 fully saturated rings. The molecule has 0 bridgehead atoms. The van der Waals surface area contributed by atoms with E-state index < -0.39 is 5.97 Å². The number of nitrogens with zero attached hydrogens (tertiary/aromatic N) is 3. The predicted octanol–water partition coefficient (Wildman–Crippen LogP) is 1.80. The van der Waals surface area contributed by atoms with E-state index in [1.165, 1.54) is 31.8 Å². The lowest BCUT2D eigenvalue weighted by atomic mass is 10.0. The molecule has 0 saturated carbocycles. The molecule has 18 heavy (non-hydrogen) atoms. The lowest BCUT2D eigenvalue weighted by Gasteiger charge is -2.19. The van der Waals surface area contributed by atoms with Crippen LogP contribution in [-0.4, -0.2) is 39.0 Å². The van der Waals surface area contributed by atoms with Crippen molar-refractivity contribution in [2.45, 2.75) is 32.7 Å². The monoisotopic (exact) mass is 249 g/mol. The van der Waals surface area contributed by atoms with Crippen molar-refractivity contribution in [3.8, 4) is 0 Å². The van der Waals surface area contributed by atoms with Gasteiger partial charge in [-0.2, -0.15) is 0 Å². The second-order valence-electron chi connectivity index (χ2n) is 5.00. The highest BCUT2D eigenvalue weighted by molar-refractivity contribution is 5.88. The Bertz CT molecular complexity index is 422. The lowest BCUT2D eigenvalue weighted by Crippen LogP contribution is -2.26. The summed E-state index contributed by atoms with van der Waals surface area (Å²) < 4.78 is 0. The van der Waals surface area contributed by atoms with Crippen molar-refractivity contribution >= 4 is 5.97 Å². The summed E-state index contributed by atoms with van der Waals surface area (Å²) >= 11 is 0. The highest BCUT2D eigenvalue weighted by Crippen LogP contribution is 2.18. The van der Waals surface area contributed by atoms with Gasteiger partial charge in [0.2, 0.25) is 0 Å². The van der Waals surface area contributed by atoms with Crippen molar-refractivity contribution in [1.29, 1.82) is 0 Å². The summed E-state index contributed by atoms with van der Waals surface area (Å²) in [5, 5.41) is 9.09. The van der Waals surface area contributed by atoms with Gasteiger partial charge in [0.05, 0.1) is 5.69 Å². The molecule has 2 rings (SSSR count). The molecule has 1 unspecified atom stereocenters. The molecule has 1 atom stereocenters. The average Bonchev–Trinajstić information content (AvgIpc) is 2.55. The normalized spacial score (nSPS) is 21.5. The van der Waals surface area contributed by atoms with E-state index >= 15 is 0 Å². The van der Waals surface area contributed by atoms with Crippen molar-refractivity contribution in [3.05, 3.63) is 23.8 Å². The van der Waals surface area contributed by atoms with Crippen LogP contribution in [0.15, 0.2) is 12.5 Å². The van der Waals surface area contributed by atoms with Crippen LogP contribution >= 0.6 is 0 Å². The first-order chi connectivity index (χ1) is 8.66. The number of aromatic nitrogens is 2. The molecule has 5 nitrogen and oxygen atoms in total. The molecule has 0 amide bonds. The van der Waals surface area contributed by atoms with Gasteiger partial charge in [0.15, 0.2) is 0 Å². The minimum atomic E-state index is -0.950. The SMILES string of the molecule is CC1CCCN(Cc2ncncc2C(=O)O)CC1. The minimum absolute atomic E-state index is 0.217. The van der Waals surface area contributed by atoms with Crippen molar-refractivity contribution < 1.29 is 9.90 Å². The summed E-state index contributed by atoms with van der Waals surface area (Å²) in [6.45, 7) is 4.92.